The number of hydrogen-bond acceptors (Lipinski definition) is 3. The van der Waals surface area contributed by atoms with Gasteiger partial charge < -0.3 is 5.32 Å². The minimum atomic E-state index is 0.548. The van der Waals surface area contributed by atoms with Crippen molar-refractivity contribution < 1.29 is 0 Å². The number of nitrogens with zero attached hydrogens (tertiary/aromatic N) is 1. The van der Waals surface area contributed by atoms with E-state index >= 15 is 0 Å². The molecule has 0 aliphatic heterocycles. The molecule has 0 radical (unpaired) electrons. The molecule has 1 heterocycles. The molecule has 0 spiro atoms. The highest BCUT2D eigenvalue weighted by Gasteiger charge is 2.19. The zero-order valence-corrected chi connectivity index (χ0v) is 11.1. The predicted octanol–water partition coefficient (Wildman–Crippen LogP) is 3.51. The maximum atomic E-state index is 4.83. The quantitative estimate of drug-likeness (QED) is 0.868. The van der Waals surface area contributed by atoms with Gasteiger partial charge >= 0.3 is 0 Å². The van der Waals surface area contributed by atoms with Crippen molar-refractivity contribution in [3.05, 3.63) is 16.1 Å². The van der Waals surface area contributed by atoms with E-state index in [-0.39, 0.29) is 0 Å². The first kappa shape index (κ1) is 12.1. The second-order valence-electron chi connectivity index (χ2n) is 4.90. The van der Waals surface area contributed by atoms with Crippen molar-refractivity contribution in [3.8, 4) is 0 Å². The van der Waals surface area contributed by atoms with E-state index in [9.17, 15) is 0 Å². The molecule has 1 N–H and O–H groups in total. The minimum absolute atomic E-state index is 0.548. The highest BCUT2D eigenvalue weighted by atomic mass is 32.1. The summed E-state index contributed by atoms with van der Waals surface area (Å²) in [5.74, 6) is 1.30. The second kappa shape index (κ2) is 5.78. The van der Waals surface area contributed by atoms with Crippen molar-refractivity contribution in [2.45, 2.75) is 50.9 Å². The van der Waals surface area contributed by atoms with E-state index in [0.29, 0.717) is 5.92 Å². The van der Waals surface area contributed by atoms with E-state index < -0.39 is 0 Å². The monoisotopic (exact) mass is 238 g/mol. The molecular formula is C13H22N2S. The van der Waals surface area contributed by atoms with E-state index in [1.54, 1.807) is 0 Å². The Bertz CT molecular complexity index is 315. The van der Waals surface area contributed by atoms with Crippen molar-refractivity contribution in [2.24, 2.45) is 0 Å². The fraction of sp³-hybridized carbons (Fsp3) is 0.769. The Morgan fingerprint density at radius 3 is 2.88 bits per heavy atom. The van der Waals surface area contributed by atoms with Crippen molar-refractivity contribution in [3.63, 3.8) is 0 Å². The molecule has 0 amide bonds. The zero-order valence-electron chi connectivity index (χ0n) is 10.3. The lowest BCUT2D eigenvalue weighted by Gasteiger charge is -2.19. The first-order valence-corrected chi connectivity index (χ1v) is 7.29. The minimum Gasteiger partial charge on any atom is -0.319 e. The third-order valence-corrected chi connectivity index (χ3v) is 4.59. The van der Waals surface area contributed by atoms with Crippen LogP contribution in [0, 0.1) is 0 Å². The number of rotatable bonds is 4. The van der Waals surface area contributed by atoms with Gasteiger partial charge in [0, 0.05) is 23.8 Å². The van der Waals surface area contributed by atoms with Gasteiger partial charge in [0.05, 0.1) is 10.7 Å². The van der Waals surface area contributed by atoms with Gasteiger partial charge in [-0.25, -0.2) is 4.98 Å². The van der Waals surface area contributed by atoms with Crippen LogP contribution in [0.25, 0.3) is 0 Å². The highest BCUT2D eigenvalue weighted by Crippen LogP contribution is 2.34. The molecule has 1 fully saturated rings. The van der Waals surface area contributed by atoms with Crippen LogP contribution in [0.5, 0.6) is 0 Å². The number of thiazole rings is 1. The third kappa shape index (κ3) is 2.83. The molecule has 0 aromatic carbocycles. The van der Waals surface area contributed by atoms with Gasteiger partial charge in [-0.3, -0.25) is 0 Å². The van der Waals surface area contributed by atoms with Gasteiger partial charge in [-0.05, 0) is 19.9 Å². The Hall–Kier alpha value is -0.410. The number of hydrogen-bond donors (Lipinski definition) is 1. The van der Waals surface area contributed by atoms with E-state index in [0.717, 1.165) is 12.5 Å². The molecule has 1 saturated carbocycles. The van der Waals surface area contributed by atoms with Gasteiger partial charge in [-0.1, -0.05) is 26.2 Å². The standard InChI is InChI=1S/C13H22N2S/c1-10(8-14-2)13-15-12(9-16-13)11-6-4-3-5-7-11/h9-11,14H,3-8H2,1-2H3. The summed E-state index contributed by atoms with van der Waals surface area (Å²) in [4.78, 5) is 4.83. The summed E-state index contributed by atoms with van der Waals surface area (Å²) < 4.78 is 0. The normalized spacial score (nSPS) is 19.9. The molecule has 16 heavy (non-hydrogen) atoms. The molecule has 1 unspecified atom stereocenters. The largest absolute Gasteiger partial charge is 0.319 e. The molecule has 3 heteroatoms. The Morgan fingerprint density at radius 2 is 2.19 bits per heavy atom. The zero-order chi connectivity index (χ0) is 11.4. The van der Waals surface area contributed by atoms with E-state index in [1.807, 2.05) is 18.4 Å². The first-order chi connectivity index (χ1) is 7.81. The Labute approximate surface area is 102 Å². The van der Waals surface area contributed by atoms with E-state index in [1.165, 1.54) is 42.8 Å². The molecule has 2 rings (SSSR count). The smallest absolute Gasteiger partial charge is 0.0969 e. The summed E-state index contributed by atoms with van der Waals surface area (Å²) >= 11 is 1.84. The van der Waals surface area contributed by atoms with Gasteiger partial charge in [0.25, 0.3) is 0 Å². The van der Waals surface area contributed by atoms with Crippen molar-refractivity contribution in [1.82, 2.24) is 10.3 Å². The summed E-state index contributed by atoms with van der Waals surface area (Å²) in [6, 6.07) is 0. The van der Waals surface area contributed by atoms with Gasteiger partial charge in [-0.15, -0.1) is 11.3 Å². The van der Waals surface area contributed by atoms with Crippen LogP contribution < -0.4 is 5.32 Å². The SMILES string of the molecule is CNCC(C)c1nc(C2CCCCC2)cs1. The lowest BCUT2D eigenvalue weighted by Crippen LogP contribution is -2.14. The molecule has 0 saturated heterocycles. The molecule has 1 aromatic rings. The van der Waals surface area contributed by atoms with Crippen LogP contribution in [0.1, 0.15) is 61.6 Å². The number of nitrogens with one attached hydrogen (secondary N) is 1. The molecule has 1 aromatic heterocycles. The van der Waals surface area contributed by atoms with Crippen LogP contribution in [-0.4, -0.2) is 18.6 Å². The summed E-state index contributed by atoms with van der Waals surface area (Å²) in [7, 11) is 2.01. The second-order valence-corrected chi connectivity index (χ2v) is 5.79. The fourth-order valence-electron chi connectivity index (χ4n) is 2.51. The van der Waals surface area contributed by atoms with E-state index in [4.69, 9.17) is 4.98 Å². The summed E-state index contributed by atoms with van der Waals surface area (Å²) in [5.41, 5.74) is 1.36. The van der Waals surface area contributed by atoms with Crippen LogP contribution in [0.3, 0.4) is 0 Å². The van der Waals surface area contributed by atoms with Crippen molar-refractivity contribution >= 4 is 11.3 Å². The van der Waals surface area contributed by atoms with Crippen molar-refractivity contribution in [1.29, 1.82) is 0 Å². The molecule has 0 bridgehead atoms. The fourth-order valence-corrected chi connectivity index (χ4v) is 3.47. The molecule has 1 aliphatic carbocycles. The third-order valence-electron chi connectivity index (χ3n) is 3.50. The molecule has 1 aliphatic rings. The Kier molecular flexibility index (Phi) is 4.36. The number of likely N-dealkylation sites (N-methyl/N-ethyl adjacent to an activating group) is 1. The Balaban J connectivity index is 2.00. The van der Waals surface area contributed by atoms with Crippen molar-refractivity contribution in [2.75, 3.05) is 13.6 Å². The van der Waals surface area contributed by atoms with Gasteiger partial charge in [0.15, 0.2) is 0 Å². The van der Waals surface area contributed by atoms with Crippen LogP contribution in [0.4, 0.5) is 0 Å². The molecule has 2 nitrogen and oxygen atoms in total. The van der Waals surface area contributed by atoms with Crippen LogP contribution in [0.15, 0.2) is 5.38 Å². The topological polar surface area (TPSA) is 24.9 Å². The average Bonchev–Trinajstić information content (AvgIpc) is 2.80. The highest BCUT2D eigenvalue weighted by molar-refractivity contribution is 7.09. The van der Waals surface area contributed by atoms with Gasteiger partial charge in [0.1, 0.15) is 0 Å². The van der Waals surface area contributed by atoms with Crippen LogP contribution >= 0.6 is 11.3 Å². The summed E-state index contributed by atoms with van der Waals surface area (Å²) in [5, 5.41) is 6.81. The molecule has 90 valence electrons. The predicted molar refractivity (Wildman–Crippen MR) is 70.3 cm³/mol. The first-order valence-electron chi connectivity index (χ1n) is 6.41. The van der Waals surface area contributed by atoms with Crippen LogP contribution in [0.2, 0.25) is 0 Å². The Morgan fingerprint density at radius 1 is 1.44 bits per heavy atom. The lowest BCUT2D eigenvalue weighted by molar-refractivity contribution is 0.437. The van der Waals surface area contributed by atoms with Gasteiger partial charge in [0.2, 0.25) is 0 Å². The van der Waals surface area contributed by atoms with E-state index in [2.05, 4.69) is 17.6 Å². The maximum absolute atomic E-state index is 4.83. The summed E-state index contributed by atoms with van der Waals surface area (Å²) in [6.45, 7) is 3.28. The number of aromatic nitrogens is 1. The average molecular weight is 238 g/mol. The van der Waals surface area contributed by atoms with Crippen LogP contribution in [-0.2, 0) is 0 Å². The summed E-state index contributed by atoms with van der Waals surface area (Å²) in [6.07, 6.45) is 6.91. The molecule has 1 atom stereocenters. The molecular weight excluding hydrogens is 216 g/mol. The van der Waals surface area contributed by atoms with Gasteiger partial charge in [-0.2, -0.15) is 0 Å². The maximum Gasteiger partial charge on any atom is 0.0969 e. The lowest BCUT2D eigenvalue weighted by atomic mass is 9.87.